The van der Waals surface area contributed by atoms with Crippen LogP contribution in [0.25, 0.3) is 0 Å². The minimum Gasteiger partial charge on any atom is -0.322 e. The zero-order valence-corrected chi connectivity index (χ0v) is 16.9. The Balaban J connectivity index is 2.39. The third-order valence-corrected chi connectivity index (χ3v) is 6.53. The fraction of sp³-hybridized carbons (Fsp3) is 0.316. The van der Waals surface area contributed by atoms with Crippen LogP contribution in [-0.4, -0.2) is 31.7 Å². The van der Waals surface area contributed by atoms with Gasteiger partial charge in [0.1, 0.15) is 0 Å². The molecule has 0 spiro atoms. The van der Waals surface area contributed by atoms with Crippen molar-refractivity contribution >= 4 is 33.2 Å². The van der Waals surface area contributed by atoms with Gasteiger partial charge >= 0.3 is 0 Å². The first kappa shape index (κ1) is 20.4. The molecule has 5 nitrogen and oxygen atoms in total. The Labute approximate surface area is 160 Å². The lowest BCUT2D eigenvalue weighted by molar-refractivity contribution is 0.102. The van der Waals surface area contributed by atoms with Gasteiger partial charge in [-0.05, 0) is 43.7 Å². The second kappa shape index (κ2) is 8.20. The molecule has 2 aromatic carbocycles. The molecule has 0 heterocycles. The number of sulfonamides is 1. The van der Waals surface area contributed by atoms with E-state index < -0.39 is 15.9 Å². The molecule has 0 saturated heterocycles. The summed E-state index contributed by atoms with van der Waals surface area (Å²) < 4.78 is 26.7. The number of hydrogen-bond donors (Lipinski definition) is 1. The summed E-state index contributed by atoms with van der Waals surface area (Å²) in [6, 6.07) is 9.85. The van der Waals surface area contributed by atoms with Crippen LogP contribution in [0.3, 0.4) is 0 Å². The van der Waals surface area contributed by atoms with Gasteiger partial charge in [-0.15, -0.1) is 0 Å². The van der Waals surface area contributed by atoms with E-state index in [0.717, 1.165) is 11.1 Å². The third-order valence-electron chi connectivity index (χ3n) is 4.16. The van der Waals surface area contributed by atoms with E-state index in [9.17, 15) is 13.2 Å². The maximum absolute atomic E-state index is 12.7. The number of carbonyl (C=O) groups excluding carboxylic acids is 1. The van der Waals surface area contributed by atoms with Gasteiger partial charge < -0.3 is 5.32 Å². The molecule has 1 N–H and O–H groups in total. The number of rotatable bonds is 6. The van der Waals surface area contributed by atoms with E-state index in [1.165, 1.54) is 22.5 Å². The van der Waals surface area contributed by atoms with Crippen LogP contribution in [0, 0.1) is 13.8 Å². The van der Waals surface area contributed by atoms with Gasteiger partial charge in [-0.1, -0.05) is 43.1 Å². The summed E-state index contributed by atoms with van der Waals surface area (Å²) in [5.74, 6) is -0.446. The molecule has 0 aromatic heterocycles. The van der Waals surface area contributed by atoms with Gasteiger partial charge in [0, 0.05) is 18.8 Å². The molecule has 0 saturated carbocycles. The molecule has 140 valence electrons. The van der Waals surface area contributed by atoms with Crippen molar-refractivity contribution in [2.75, 3.05) is 18.4 Å². The molecule has 2 rings (SSSR count). The van der Waals surface area contributed by atoms with E-state index in [0.29, 0.717) is 18.8 Å². The summed E-state index contributed by atoms with van der Waals surface area (Å²) in [5, 5.41) is 3.00. The molecule has 0 aliphatic carbocycles. The number of carbonyl (C=O) groups is 1. The predicted molar refractivity (Wildman–Crippen MR) is 105 cm³/mol. The number of amides is 1. The Morgan fingerprint density at radius 3 is 2.31 bits per heavy atom. The summed E-state index contributed by atoms with van der Waals surface area (Å²) in [6.07, 6.45) is 0. The number of nitrogens with one attached hydrogen (secondary N) is 1. The Bertz CT molecular complexity index is 922. The summed E-state index contributed by atoms with van der Waals surface area (Å²) in [6.45, 7) is 8.11. The zero-order valence-electron chi connectivity index (χ0n) is 15.3. The normalized spacial score (nSPS) is 11.6. The molecule has 0 unspecified atom stereocenters. The molecular weight excluding hydrogens is 372 g/mol. The Morgan fingerprint density at radius 2 is 1.73 bits per heavy atom. The SMILES string of the molecule is CCN(CC)S(=O)(=O)c1ccc(Cl)c(C(=O)Nc2ccc(C)cc2C)c1. The lowest BCUT2D eigenvalue weighted by Crippen LogP contribution is -2.30. The topological polar surface area (TPSA) is 66.5 Å². The van der Waals surface area contributed by atoms with Crippen LogP contribution in [-0.2, 0) is 10.0 Å². The van der Waals surface area contributed by atoms with Gasteiger partial charge in [0.05, 0.1) is 15.5 Å². The maximum Gasteiger partial charge on any atom is 0.257 e. The first-order valence-corrected chi connectivity index (χ1v) is 10.2. The van der Waals surface area contributed by atoms with E-state index in [4.69, 9.17) is 11.6 Å². The maximum atomic E-state index is 12.7. The Morgan fingerprint density at radius 1 is 1.08 bits per heavy atom. The molecule has 0 radical (unpaired) electrons. The molecule has 0 aliphatic rings. The first-order valence-electron chi connectivity index (χ1n) is 8.39. The summed E-state index contributed by atoms with van der Waals surface area (Å²) in [7, 11) is -3.67. The van der Waals surface area contributed by atoms with Crippen LogP contribution in [0.5, 0.6) is 0 Å². The van der Waals surface area contributed by atoms with Crippen molar-refractivity contribution in [3.05, 3.63) is 58.1 Å². The summed E-state index contributed by atoms with van der Waals surface area (Å²) >= 11 is 6.15. The largest absolute Gasteiger partial charge is 0.322 e. The number of benzene rings is 2. The van der Waals surface area contributed by atoms with Crippen LogP contribution in [0.4, 0.5) is 5.69 Å². The van der Waals surface area contributed by atoms with Crippen LogP contribution in [0.1, 0.15) is 35.3 Å². The van der Waals surface area contributed by atoms with Crippen molar-refractivity contribution in [1.29, 1.82) is 0 Å². The molecule has 0 atom stereocenters. The van der Waals surface area contributed by atoms with Crippen molar-refractivity contribution < 1.29 is 13.2 Å². The molecular formula is C19H23ClN2O3S. The van der Waals surface area contributed by atoms with E-state index in [-0.39, 0.29) is 15.5 Å². The first-order chi connectivity index (χ1) is 12.2. The molecule has 7 heteroatoms. The van der Waals surface area contributed by atoms with Crippen molar-refractivity contribution in [2.24, 2.45) is 0 Å². The highest BCUT2D eigenvalue weighted by atomic mass is 35.5. The highest BCUT2D eigenvalue weighted by Gasteiger charge is 2.24. The van der Waals surface area contributed by atoms with Crippen molar-refractivity contribution in [3.63, 3.8) is 0 Å². The van der Waals surface area contributed by atoms with E-state index in [1.54, 1.807) is 13.8 Å². The molecule has 1 amide bonds. The standard InChI is InChI=1S/C19H23ClN2O3S/c1-5-22(6-2)26(24,25)15-8-9-17(20)16(12-15)19(23)21-18-10-7-13(3)11-14(18)4/h7-12H,5-6H2,1-4H3,(H,21,23). The van der Waals surface area contributed by atoms with Gasteiger partial charge in [0.2, 0.25) is 10.0 Å². The minimum absolute atomic E-state index is 0.0522. The van der Waals surface area contributed by atoms with E-state index in [2.05, 4.69) is 5.32 Å². The smallest absolute Gasteiger partial charge is 0.257 e. The number of nitrogens with zero attached hydrogens (tertiary/aromatic N) is 1. The average Bonchev–Trinajstić information content (AvgIpc) is 2.58. The average molecular weight is 395 g/mol. The van der Waals surface area contributed by atoms with Crippen LogP contribution in [0.2, 0.25) is 5.02 Å². The van der Waals surface area contributed by atoms with Crippen molar-refractivity contribution in [1.82, 2.24) is 4.31 Å². The minimum atomic E-state index is -3.67. The lowest BCUT2D eigenvalue weighted by atomic mass is 10.1. The predicted octanol–water partition coefficient (Wildman–Crippen LogP) is 4.24. The monoisotopic (exact) mass is 394 g/mol. The highest BCUT2D eigenvalue weighted by molar-refractivity contribution is 7.89. The number of aryl methyl sites for hydroxylation is 2. The molecule has 0 fully saturated rings. The molecule has 2 aromatic rings. The molecule has 26 heavy (non-hydrogen) atoms. The van der Waals surface area contributed by atoms with Gasteiger partial charge in [0.15, 0.2) is 0 Å². The van der Waals surface area contributed by atoms with Gasteiger partial charge in [-0.2, -0.15) is 4.31 Å². The quantitative estimate of drug-likeness (QED) is 0.796. The fourth-order valence-electron chi connectivity index (χ4n) is 2.69. The van der Waals surface area contributed by atoms with Gasteiger partial charge in [-0.25, -0.2) is 8.42 Å². The third kappa shape index (κ3) is 4.26. The second-order valence-electron chi connectivity index (χ2n) is 6.00. The van der Waals surface area contributed by atoms with E-state index in [1.807, 2.05) is 32.0 Å². The van der Waals surface area contributed by atoms with Gasteiger partial charge in [-0.3, -0.25) is 4.79 Å². The number of halogens is 1. The van der Waals surface area contributed by atoms with E-state index >= 15 is 0 Å². The number of anilines is 1. The number of hydrogen-bond acceptors (Lipinski definition) is 3. The summed E-state index contributed by atoms with van der Waals surface area (Å²) in [5.41, 5.74) is 2.79. The van der Waals surface area contributed by atoms with Crippen molar-refractivity contribution in [3.8, 4) is 0 Å². The second-order valence-corrected chi connectivity index (χ2v) is 8.35. The Kier molecular flexibility index (Phi) is 6.44. The zero-order chi connectivity index (χ0) is 19.5. The Hall–Kier alpha value is -1.89. The lowest BCUT2D eigenvalue weighted by Gasteiger charge is -2.19. The molecule has 0 bridgehead atoms. The summed E-state index contributed by atoms with van der Waals surface area (Å²) in [4.78, 5) is 12.7. The highest BCUT2D eigenvalue weighted by Crippen LogP contribution is 2.25. The van der Waals surface area contributed by atoms with Crippen LogP contribution >= 0.6 is 11.6 Å². The van der Waals surface area contributed by atoms with Gasteiger partial charge in [0.25, 0.3) is 5.91 Å². The van der Waals surface area contributed by atoms with Crippen molar-refractivity contribution in [2.45, 2.75) is 32.6 Å². The molecule has 0 aliphatic heterocycles. The fourth-order valence-corrected chi connectivity index (χ4v) is 4.38. The van der Waals surface area contributed by atoms with Crippen LogP contribution in [0.15, 0.2) is 41.3 Å². The van der Waals surface area contributed by atoms with Crippen LogP contribution < -0.4 is 5.32 Å².